The first-order valence-corrected chi connectivity index (χ1v) is 3.65. The predicted octanol–water partition coefficient (Wildman–Crippen LogP) is 2.57. The van der Waals surface area contributed by atoms with E-state index in [4.69, 9.17) is 0 Å². The van der Waals surface area contributed by atoms with E-state index in [1.54, 1.807) is 0 Å². The highest BCUT2D eigenvalue weighted by molar-refractivity contribution is 5.59. The van der Waals surface area contributed by atoms with Crippen molar-refractivity contribution in [2.24, 2.45) is 5.41 Å². The van der Waals surface area contributed by atoms with Gasteiger partial charge in [-0.3, -0.25) is 0 Å². The van der Waals surface area contributed by atoms with Crippen LogP contribution in [0.4, 0.5) is 0 Å². The number of carbonyl (C=O) groups excluding carboxylic acids is 1. The Morgan fingerprint density at radius 2 is 2.20 bits per heavy atom. The minimum Gasteiger partial charge on any atom is -0.303 e. The Balaban J connectivity index is 4.05. The minimum absolute atomic E-state index is 0.175. The van der Waals surface area contributed by atoms with E-state index in [1.807, 2.05) is 20.8 Å². The Labute approximate surface area is 63.1 Å². The summed E-state index contributed by atoms with van der Waals surface area (Å²) in [5.74, 6) is 0. The molecule has 0 radical (unpaired) electrons. The molecule has 0 amide bonds. The molecule has 1 unspecified atom stereocenters. The van der Waals surface area contributed by atoms with Crippen molar-refractivity contribution in [3.05, 3.63) is 12.2 Å². The molecule has 1 heteroatoms. The van der Waals surface area contributed by atoms with Crippen molar-refractivity contribution in [2.75, 3.05) is 0 Å². The minimum atomic E-state index is -0.175. The summed E-state index contributed by atoms with van der Waals surface area (Å²) in [6.45, 7) is 9.72. The van der Waals surface area contributed by atoms with Gasteiger partial charge in [-0.15, -0.1) is 6.58 Å². The van der Waals surface area contributed by atoms with Crippen LogP contribution in [0.1, 0.15) is 33.6 Å². The van der Waals surface area contributed by atoms with Crippen LogP contribution in [-0.2, 0) is 4.79 Å². The molecule has 10 heavy (non-hydrogen) atoms. The SMILES string of the molecule is C=C(C)CC(C)(C=O)CC. The van der Waals surface area contributed by atoms with Gasteiger partial charge >= 0.3 is 0 Å². The average molecular weight is 140 g/mol. The zero-order valence-corrected chi connectivity index (χ0v) is 7.11. The Kier molecular flexibility index (Phi) is 3.34. The standard InChI is InChI=1S/C9H16O/c1-5-9(4,7-10)6-8(2)3/h7H,2,5-6H2,1,3-4H3. The zero-order chi connectivity index (χ0) is 8.20. The molecular weight excluding hydrogens is 124 g/mol. The second kappa shape index (κ2) is 3.55. The molecule has 0 rings (SSSR count). The van der Waals surface area contributed by atoms with Crippen LogP contribution in [0.5, 0.6) is 0 Å². The van der Waals surface area contributed by atoms with Crippen LogP contribution in [0.15, 0.2) is 12.2 Å². The molecule has 58 valence electrons. The van der Waals surface area contributed by atoms with Crippen LogP contribution >= 0.6 is 0 Å². The number of hydrogen-bond acceptors (Lipinski definition) is 1. The fourth-order valence-corrected chi connectivity index (χ4v) is 0.939. The van der Waals surface area contributed by atoms with Gasteiger partial charge in [0.1, 0.15) is 6.29 Å². The number of aldehydes is 1. The number of allylic oxidation sites excluding steroid dienone is 1. The first-order chi connectivity index (χ1) is 4.54. The summed E-state index contributed by atoms with van der Waals surface area (Å²) in [5, 5.41) is 0. The third kappa shape index (κ3) is 2.81. The van der Waals surface area contributed by atoms with Crippen molar-refractivity contribution in [3.8, 4) is 0 Å². The fraction of sp³-hybridized carbons (Fsp3) is 0.667. The van der Waals surface area contributed by atoms with Crippen molar-refractivity contribution in [2.45, 2.75) is 33.6 Å². The second-order valence-electron chi connectivity index (χ2n) is 3.26. The molecule has 0 saturated heterocycles. The molecule has 0 N–H and O–H groups in total. The van der Waals surface area contributed by atoms with Gasteiger partial charge in [-0.05, 0) is 19.8 Å². The van der Waals surface area contributed by atoms with Crippen LogP contribution < -0.4 is 0 Å². The molecule has 0 saturated carbocycles. The van der Waals surface area contributed by atoms with E-state index in [9.17, 15) is 4.79 Å². The molecule has 0 bridgehead atoms. The highest BCUT2D eigenvalue weighted by atomic mass is 16.1. The lowest BCUT2D eigenvalue weighted by atomic mass is 9.83. The molecule has 0 aromatic rings. The van der Waals surface area contributed by atoms with Gasteiger partial charge in [0.2, 0.25) is 0 Å². The number of rotatable bonds is 4. The smallest absolute Gasteiger partial charge is 0.126 e. The Morgan fingerprint density at radius 1 is 1.70 bits per heavy atom. The summed E-state index contributed by atoms with van der Waals surface area (Å²) >= 11 is 0. The fourth-order valence-electron chi connectivity index (χ4n) is 0.939. The predicted molar refractivity (Wildman–Crippen MR) is 43.9 cm³/mol. The van der Waals surface area contributed by atoms with Crippen molar-refractivity contribution < 1.29 is 4.79 Å². The van der Waals surface area contributed by atoms with Crippen LogP contribution in [0.25, 0.3) is 0 Å². The summed E-state index contributed by atoms with van der Waals surface area (Å²) in [6.07, 6.45) is 2.73. The van der Waals surface area contributed by atoms with Crippen molar-refractivity contribution in [3.63, 3.8) is 0 Å². The summed E-state index contributed by atoms with van der Waals surface area (Å²) < 4.78 is 0. The van der Waals surface area contributed by atoms with E-state index in [-0.39, 0.29) is 5.41 Å². The van der Waals surface area contributed by atoms with Gasteiger partial charge < -0.3 is 4.79 Å². The Hall–Kier alpha value is -0.590. The van der Waals surface area contributed by atoms with Crippen LogP contribution in [0.3, 0.4) is 0 Å². The normalized spacial score (nSPS) is 15.9. The lowest BCUT2D eigenvalue weighted by Crippen LogP contribution is -2.16. The van der Waals surface area contributed by atoms with Crippen molar-refractivity contribution >= 4 is 6.29 Å². The molecular formula is C9H16O. The molecule has 0 aromatic heterocycles. The highest BCUT2D eigenvalue weighted by Gasteiger charge is 2.20. The molecule has 0 aliphatic heterocycles. The highest BCUT2D eigenvalue weighted by Crippen LogP contribution is 2.25. The summed E-state index contributed by atoms with van der Waals surface area (Å²) in [5.41, 5.74) is 0.905. The van der Waals surface area contributed by atoms with E-state index >= 15 is 0 Å². The van der Waals surface area contributed by atoms with Crippen molar-refractivity contribution in [1.82, 2.24) is 0 Å². The number of carbonyl (C=O) groups is 1. The topological polar surface area (TPSA) is 17.1 Å². The maximum atomic E-state index is 10.6. The van der Waals surface area contributed by atoms with E-state index in [2.05, 4.69) is 6.58 Å². The van der Waals surface area contributed by atoms with Gasteiger partial charge in [0, 0.05) is 5.41 Å². The van der Waals surface area contributed by atoms with Gasteiger partial charge in [0.05, 0.1) is 0 Å². The van der Waals surface area contributed by atoms with Gasteiger partial charge in [0.15, 0.2) is 0 Å². The second-order valence-corrected chi connectivity index (χ2v) is 3.26. The van der Waals surface area contributed by atoms with Gasteiger partial charge in [-0.25, -0.2) is 0 Å². The van der Waals surface area contributed by atoms with E-state index < -0.39 is 0 Å². The van der Waals surface area contributed by atoms with Crippen molar-refractivity contribution in [1.29, 1.82) is 0 Å². The lowest BCUT2D eigenvalue weighted by molar-refractivity contribution is -0.115. The maximum absolute atomic E-state index is 10.6. The van der Waals surface area contributed by atoms with Crippen LogP contribution in [0.2, 0.25) is 0 Å². The molecule has 0 spiro atoms. The average Bonchev–Trinajstić information content (AvgIpc) is 1.87. The van der Waals surface area contributed by atoms with Crippen LogP contribution in [0, 0.1) is 5.41 Å². The van der Waals surface area contributed by atoms with E-state index in [0.717, 1.165) is 24.7 Å². The molecule has 0 aliphatic rings. The molecule has 0 fully saturated rings. The number of hydrogen-bond donors (Lipinski definition) is 0. The van der Waals surface area contributed by atoms with Crippen LogP contribution in [-0.4, -0.2) is 6.29 Å². The monoisotopic (exact) mass is 140 g/mol. The largest absolute Gasteiger partial charge is 0.303 e. The lowest BCUT2D eigenvalue weighted by Gasteiger charge is -2.20. The summed E-state index contributed by atoms with van der Waals surface area (Å²) in [7, 11) is 0. The van der Waals surface area contributed by atoms with Gasteiger partial charge in [-0.2, -0.15) is 0 Å². The Morgan fingerprint density at radius 3 is 2.30 bits per heavy atom. The Bertz CT molecular complexity index is 138. The first kappa shape index (κ1) is 9.41. The maximum Gasteiger partial charge on any atom is 0.126 e. The quantitative estimate of drug-likeness (QED) is 0.433. The zero-order valence-electron chi connectivity index (χ0n) is 7.11. The molecule has 0 heterocycles. The molecule has 0 aliphatic carbocycles. The van der Waals surface area contributed by atoms with Gasteiger partial charge in [-0.1, -0.05) is 19.4 Å². The third-order valence-corrected chi connectivity index (χ3v) is 1.80. The third-order valence-electron chi connectivity index (χ3n) is 1.80. The molecule has 1 nitrogen and oxygen atoms in total. The van der Waals surface area contributed by atoms with E-state index in [1.165, 1.54) is 0 Å². The molecule has 1 atom stereocenters. The summed E-state index contributed by atoms with van der Waals surface area (Å²) in [6, 6.07) is 0. The van der Waals surface area contributed by atoms with E-state index in [0.29, 0.717) is 0 Å². The van der Waals surface area contributed by atoms with Gasteiger partial charge in [0.25, 0.3) is 0 Å². The summed E-state index contributed by atoms with van der Waals surface area (Å²) in [4.78, 5) is 10.6. The first-order valence-electron chi connectivity index (χ1n) is 3.65. The molecule has 0 aromatic carbocycles.